The number of likely N-dealkylation sites (tertiary alicyclic amines) is 1. The molecule has 0 saturated carbocycles. The van der Waals surface area contributed by atoms with Crippen LogP contribution in [0.2, 0.25) is 0 Å². The SMILES string of the molecule is c1ccc2oc(CNCC3(N4CCCCC4)CCOCC3)cc2c1. The van der Waals surface area contributed by atoms with Gasteiger partial charge in [0.25, 0.3) is 0 Å². The number of furan rings is 1. The fourth-order valence-electron chi connectivity index (χ4n) is 4.27. The highest BCUT2D eigenvalue weighted by atomic mass is 16.5. The largest absolute Gasteiger partial charge is 0.460 e. The smallest absolute Gasteiger partial charge is 0.134 e. The minimum absolute atomic E-state index is 0.269. The Hall–Kier alpha value is -1.36. The molecule has 2 aliphatic heterocycles. The molecule has 2 fully saturated rings. The first-order chi connectivity index (χ1) is 11.9. The van der Waals surface area contributed by atoms with E-state index in [0.29, 0.717) is 0 Å². The van der Waals surface area contributed by atoms with Crippen molar-refractivity contribution < 1.29 is 9.15 Å². The molecule has 1 N–H and O–H groups in total. The zero-order valence-electron chi connectivity index (χ0n) is 14.4. The van der Waals surface area contributed by atoms with E-state index >= 15 is 0 Å². The number of hydrogen-bond donors (Lipinski definition) is 1. The molecular weight excluding hydrogens is 300 g/mol. The van der Waals surface area contributed by atoms with Gasteiger partial charge < -0.3 is 14.5 Å². The molecular formula is C20H28N2O2. The number of ether oxygens (including phenoxy) is 1. The van der Waals surface area contributed by atoms with E-state index in [1.54, 1.807) is 0 Å². The number of piperidine rings is 1. The molecule has 0 atom stereocenters. The second-order valence-corrected chi connectivity index (χ2v) is 7.24. The Balaban J connectivity index is 1.41. The summed E-state index contributed by atoms with van der Waals surface area (Å²) >= 11 is 0. The van der Waals surface area contributed by atoms with Crippen LogP contribution in [-0.2, 0) is 11.3 Å². The minimum atomic E-state index is 0.269. The van der Waals surface area contributed by atoms with E-state index in [2.05, 4.69) is 28.4 Å². The molecule has 0 amide bonds. The molecule has 2 aliphatic rings. The Morgan fingerprint density at radius 1 is 1.04 bits per heavy atom. The highest BCUT2D eigenvalue weighted by Crippen LogP contribution is 2.30. The van der Waals surface area contributed by atoms with E-state index in [0.717, 1.165) is 50.5 Å². The van der Waals surface area contributed by atoms with Crippen LogP contribution in [0.4, 0.5) is 0 Å². The van der Waals surface area contributed by atoms with Crippen LogP contribution in [-0.4, -0.2) is 43.3 Å². The lowest BCUT2D eigenvalue weighted by molar-refractivity contribution is -0.0359. The minimum Gasteiger partial charge on any atom is -0.460 e. The molecule has 130 valence electrons. The van der Waals surface area contributed by atoms with E-state index in [-0.39, 0.29) is 5.54 Å². The van der Waals surface area contributed by atoms with Crippen LogP contribution < -0.4 is 5.32 Å². The lowest BCUT2D eigenvalue weighted by Crippen LogP contribution is -2.59. The van der Waals surface area contributed by atoms with Gasteiger partial charge in [0, 0.05) is 30.7 Å². The summed E-state index contributed by atoms with van der Waals surface area (Å²) in [5.74, 6) is 1.03. The van der Waals surface area contributed by atoms with Gasteiger partial charge in [0.05, 0.1) is 6.54 Å². The average Bonchev–Trinajstić information content (AvgIpc) is 3.06. The monoisotopic (exact) mass is 328 g/mol. The maximum Gasteiger partial charge on any atom is 0.134 e. The van der Waals surface area contributed by atoms with Gasteiger partial charge in [-0.1, -0.05) is 24.6 Å². The summed E-state index contributed by atoms with van der Waals surface area (Å²) in [6, 6.07) is 10.4. The summed E-state index contributed by atoms with van der Waals surface area (Å²) in [4.78, 5) is 2.73. The normalized spacial score (nSPS) is 22.0. The topological polar surface area (TPSA) is 37.6 Å². The molecule has 0 radical (unpaired) electrons. The van der Waals surface area contributed by atoms with E-state index in [4.69, 9.17) is 9.15 Å². The van der Waals surface area contributed by atoms with Crippen molar-refractivity contribution in [2.45, 2.75) is 44.2 Å². The zero-order valence-corrected chi connectivity index (χ0v) is 14.4. The number of para-hydroxylation sites is 1. The fraction of sp³-hybridized carbons (Fsp3) is 0.600. The predicted octanol–water partition coefficient (Wildman–Crippen LogP) is 3.56. The zero-order chi connectivity index (χ0) is 16.2. The third-order valence-electron chi connectivity index (χ3n) is 5.68. The van der Waals surface area contributed by atoms with Crippen LogP contribution in [0.1, 0.15) is 37.9 Å². The summed E-state index contributed by atoms with van der Waals surface area (Å²) in [5.41, 5.74) is 1.25. The van der Waals surface area contributed by atoms with Crippen molar-refractivity contribution in [3.05, 3.63) is 36.1 Å². The maximum atomic E-state index is 5.94. The van der Waals surface area contributed by atoms with Gasteiger partial charge in [0.2, 0.25) is 0 Å². The molecule has 2 saturated heterocycles. The van der Waals surface area contributed by atoms with Gasteiger partial charge in [-0.2, -0.15) is 0 Å². The Labute approximate surface area is 144 Å². The Bertz CT molecular complexity index is 621. The molecule has 4 heteroatoms. The second kappa shape index (κ2) is 7.26. The number of benzene rings is 1. The average molecular weight is 328 g/mol. The van der Waals surface area contributed by atoms with Crippen molar-refractivity contribution >= 4 is 11.0 Å². The van der Waals surface area contributed by atoms with Gasteiger partial charge in [-0.05, 0) is 50.9 Å². The lowest BCUT2D eigenvalue weighted by Gasteiger charge is -2.48. The number of hydrogen-bond acceptors (Lipinski definition) is 4. The first-order valence-electron chi connectivity index (χ1n) is 9.37. The number of fused-ring (bicyclic) bond motifs is 1. The molecule has 24 heavy (non-hydrogen) atoms. The third kappa shape index (κ3) is 3.37. The number of rotatable bonds is 5. The predicted molar refractivity (Wildman–Crippen MR) is 96.1 cm³/mol. The summed E-state index contributed by atoms with van der Waals surface area (Å²) < 4.78 is 11.6. The Morgan fingerprint density at radius 2 is 1.83 bits per heavy atom. The molecule has 3 heterocycles. The quantitative estimate of drug-likeness (QED) is 0.911. The highest BCUT2D eigenvalue weighted by Gasteiger charge is 2.38. The first kappa shape index (κ1) is 16.1. The third-order valence-corrected chi connectivity index (χ3v) is 5.68. The van der Waals surface area contributed by atoms with Crippen molar-refractivity contribution in [2.75, 3.05) is 32.8 Å². The van der Waals surface area contributed by atoms with Crippen LogP contribution in [0.15, 0.2) is 34.7 Å². The number of nitrogens with zero attached hydrogens (tertiary/aromatic N) is 1. The fourth-order valence-corrected chi connectivity index (χ4v) is 4.27. The van der Waals surface area contributed by atoms with E-state index in [1.807, 2.05) is 12.1 Å². The molecule has 1 aromatic heterocycles. The van der Waals surface area contributed by atoms with Crippen LogP contribution in [0, 0.1) is 0 Å². The molecule has 1 aromatic carbocycles. The Morgan fingerprint density at radius 3 is 2.62 bits per heavy atom. The van der Waals surface area contributed by atoms with Gasteiger partial charge >= 0.3 is 0 Å². The summed E-state index contributed by atoms with van der Waals surface area (Å²) in [5, 5.41) is 4.87. The van der Waals surface area contributed by atoms with Crippen molar-refractivity contribution in [1.29, 1.82) is 0 Å². The van der Waals surface area contributed by atoms with Crippen LogP contribution >= 0.6 is 0 Å². The van der Waals surface area contributed by atoms with Crippen LogP contribution in [0.25, 0.3) is 11.0 Å². The van der Waals surface area contributed by atoms with Crippen LogP contribution in [0.5, 0.6) is 0 Å². The van der Waals surface area contributed by atoms with Crippen molar-refractivity contribution in [1.82, 2.24) is 10.2 Å². The van der Waals surface area contributed by atoms with Crippen molar-refractivity contribution in [2.24, 2.45) is 0 Å². The van der Waals surface area contributed by atoms with Crippen molar-refractivity contribution in [3.63, 3.8) is 0 Å². The summed E-state index contributed by atoms with van der Waals surface area (Å²) in [6.07, 6.45) is 6.34. The van der Waals surface area contributed by atoms with E-state index in [1.165, 1.54) is 37.7 Å². The van der Waals surface area contributed by atoms with Gasteiger partial charge in [-0.3, -0.25) is 4.90 Å². The first-order valence-corrected chi connectivity index (χ1v) is 9.37. The summed E-state index contributed by atoms with van der Waals surface area (Å²) in [6.45, 7) is 6.09. The summed E-state index contributed by atoms with van der Waals surface area (Å²) in [7, 11) is 0. The molecule has 0 aliphatic carbocycles. The Kier molecular flexibility index (Phi) is 4.88. The van der Waals surface area contributed by atoms with Gasteiger partial charge in [-0.15, -0.1) is 0 Å². The maximum absolute atomic E-state index is 5.94. The molecule has 0 unspecified atom stereocenters. The van der Waals surface area contributed by atoms with E-state index < -0.39 is 0 Å². The van der Waals surface area contributed by atoms with Crippen molar-refractivity contribution in [3.8, 4) is 0 Å². The highest BCUT2D eigenvalue weighted by molar-refractivity contribution is 5.77. The van der Waals surface area contributed by atoms with Crippen LogP contribution in [0.3, 0.4) is 0 Å². The van der Waals surface area contributed by atoms with Gasteiger partial charge in [-0.25, -0.2) is 0 Å². The number of nitrogens with one attached hydrogen (secondary N) is 1. The van der Waals surface area contributed by atoms with Gasteiger partial charge in [0.15, 0.2) is 0 Å². The lowest BCUT2D eigenvalue weighted by atomic mass is 9.86. The molecule has 4 nitrogen and oxygen atoms in total. The van der Waals surface area contributed by atoms with E-state index in [9.17, 15) is 0 Å². The molecule has 0 bridgehead atoms. The second-order valence-electron chi connectivity index (χ2n) is 7.24. The molecule has 4 rings (SSSR count). The molecule has 0 spiro atoms. The standard InChI is InChI=1S/C20H28N2O2/c1-4-10-22(11-5-1)20(8-12-23-13-9-20)16-21-15-18-14-17-6-2-3-7-19(17)24-18/h2-3,6-7,14,21H,1,4-5,8-13,15-16H2. The molecule has 2 aromatic rings. The van der Waals surface area contributed by atoms with Gasteiger partial charge in [0.1, 0.15) is 11.3 Å².